The molecule has 0 amide bonds. The summed E-state index contributed by atoms with van der Waals surface area (Å²) in [6, 6.07) is 13.4. The molecule has 0 aliphatic heterocycles. The van der Waals surface area contributed by atoms with Crippen molar-refractivity contribution in [1.29, 1.82) is 0 Å². The number of nitrogens with one attached hydrogen (secondary N) is 1. The van der Waals surface area contributed by atoms with E-state index in [0.717, 1.165) is 30.2 Å². The number of benzene rings is 2. The Labute approximate surface area is 143 Å². The second-order valence-electron chi connectivity index (χ2n) is 5.70. The van der Waals surface area contributed by atoms with E-state index >= 15 is 0 Å². The summed E-state index contributed by atoms with van der Waals surface area (Å²) in [5.74, 6) is 0.453. The van der Waals surface area contributed by atoms with E-state index < -0.39 is 10.0 Å². The molecule has 23 heavy (non-hydrogen) atoms. The summed E-state index contributed by atoms with van der Waals surface area (Å²) in [7, 11) is -3.30. The van der Waals surface area contributed by atoms with Crippen LogP contribution in [-0.4, -0.2) is 14.7 Å². The van der Waals surface area contributed by atoms with E-state index in [9.17, 15) is 8.42 Å². The molecule has 1 N–H and O–H groups in total. The Hall–Kier alpha value is -1.52. The van der Waals surface area contributed by atoms with Crippen molar-refractivity contribution < 1.29 is 8.42 Å². The van der Waals surface area contributed by atoms with Crippen molar-refractivity contribution in [2.24, 2.45) is 0 Å². The average Bonchev–Trinajstić information content (AvgIpc) is 2.48. The van der Waals surface area contributed by atoms with Gasteiger partial charge in [-0.2, -0.15) is 0 Å². The highest BCUT2D eigenvalue weighted by Gasteiger charge is 2.14. The third-order valence-electron chi connectivity index (χ3n) is 3.92. The number of rotatable bonds is 6. The molecule has 0 aromatic heterocycles. The van der Waals surface area contributed by atoms with E-state index in [4.69, 9.17) is 11.6 Å². The van der Waals surface area contributed by atoms with Crippen LogP contribution in [0.2, 0.25) is 5.02 Å². The van der Waals surface area contributed by atoms with Gasteiger partial charge in [-0.3, -0.25) is 4.72 Å². The number of sulfonamides is 1. The van der Waals surface area contributed by atoms with Crippen LogP contribution in [0.4, 0.5) is 5.69 Å². The number of halogens is 1. The van der Waals surface area contributed by atoms with Gasteiger partial charge in [0.05, 0.1) is 6.26 Å². The number of hydrogen-bond donors (Lipinski definition) is 1. The topological polar surface area (TPSA) is 46.2 Å². The fraction of sp³-hybridized carbons (Fsp3) is 0.333. The first kappa shape index (κ1) is 17.8. The van der Waals surface area contributed by atoms with Gasteiger partial charge in [0.2, 0.25) is 10.0 Å². The van der Waals surface area contributed by atoms with E-state index in [2.05, 4.69) is 24.6 Å². The van der Waals surface area contributed by atoms with Crippen LogP contribution in [0.5, 0.6) is 0 Å². The first-order chi connectivity index (χ1) is 10.8. The molecular weight excluding hydrogens is 330 g/mol. The van der Waals surface area contributed by atoms with Gasteiger partial charge < -0.3 is 0 Å². The van der Waals surface area contributed by atoms with Gasteiger partial charge in [0.25, 0.3) is 0 Å². The molecule has 2 aromatic carbocycles. The minimum atomic E-state index is -3.30. The van der Waals surface area contributed by atoms with Crippen LogP contribution < -0.4 is 4.72 Å². The first-order valence-corrected chi connectivity index (χ1v) is 9.98. The third kappa shape index (κ3) is 4.72. The molecule has 0 atom stereocenters. The monoisotopic (exact) mass is 351 g/mol. The van der Waals surface area contributed by atoms with Crippen LogP contribution in [-0.2, 0) is 10.0 Å². The van der Waals surface area contributed by atoms with E-state index in [-0.39, 0.29) is 0 Å². The second kappa shape index (κ2) is 7.37. The normalized spacial score (nSPS) is 11.7. The zero-order valence-corrected chi connectivity index (χ0v) is 15.2. The standard InChI is InChI=1S/C18H22ClNO2S/c1-4-13(5-2)17-10-9-15(19)12-18(17)14-7-6-8-16(11-14)20-23(3,21)22/h6-13,20H,4-5H2,1-3H3. The molecule has 2 rings (SSSR count). The van der Waals surface area contributed by atoms with Crippen molar-refractivity contribution in [3.8, 4) is 11.1 Å². The zero-order valence-electron chi connectivity index (χ0n) is 13.6. The van der Waals surface area contributed by atoms with Crippen molar-refractivity contribution in [3.05, 3.63) is 53.1 Å². The van der Waals surface area contributed by atoms with Gasteiger partial charge in [-0.15, -0.1) is 0 Å². The molecule has 0 unspecified atom stereocenters. The maximum absolute atomic E-state index is 11.4. The second-order valence-corrected chi connectivity index (χ2v) is 7.88. The molecule has 2 aromatic rings. The molecule has 3 nitrogen and oxygen atoms in total. The van der Waals surface area contributed by atoms with Crippen LogP contribution in [0.3, 0.4) is 0 Å². The molecule has 0 spiro atoms. The fourth-order valence-electron chi connectivity index (χ4n) is 2.83. The summed E-state index contributed by atoms with van der Waals surface area (Å²) in [6.07, 6.45) is 3.24. The lowest BCUT2D eigenvalue weighted by Crippen LogP contribution is -2.09. The maximum atomic E-state index is 11.4. The van der Waals surface area contributed by atoms with Crippen LogP contribution >= 0.6 is 11.6 Å². The largest absolute Gasteiger partial charge is 0.284 e. The quantitative estimate of drug-likeness (QED) is 0.769. The van der Waals surface area contributed by atoms with Gasteiger partial charge in [0.15, 0.2) is 0 Å². The van der Waals surface area contributed by atoms with Gasteiger partial charge in [-0.1, -0.05) is 43.6 Å². The highest BCUT2D eigenvalue weighted by molar-refractivity contribution is 7.92. The van der Waals surface area contributed by atoms with Gasteiger partial charge in [-0.05, 0) is 59.7 Å². The van der Waals surface area contributed by atoms with Crippen molar-refractivity contribution >= 4 is 27.3 Å². The number of hydrogen-bond acceptors (Lipinski definition) is 2. The Morgan fingerprint density at radius 3 is 2.39 bits per heavy atom. The molecule has 0 aliphatic carbocycles. The van der Waals surface area contributed by atoms with E-state index in [1.54, 1.807) is 6.07 Å². The lowest BCUT2D eigenvalue weighted by Gasteiger charge is -2.19. The molecule has 0 heterocycles. The molecule has 0 fully saturated rings. The van der Waals surface area contributed by atoms with E-state index in [1.165, 1.54) is 5.56 Å². The summed E-state index contributed by atoms with van der Waals surface area (Å²) >= 11 is 6.19. The van der Waals surface area contributed by atoms with Gasteiger partial charge >= 0.3 is 0 Å². The number of anilines is 1. The minimum Gasteiger partial charge on any atom is -0.284 e. The van der Waals surface area contributed by atoms with Crippen molar-refractivity contribution in [3.63, 3.8) is 0 Å². The Bertz CT molecular complexity index is 783. The third-order valence-corrected chi connectivity index (χ3v) is 4.76. The predicted molar refractivity (Wildman–Crippen MR) is 98.7 cm³/mol. The Morgan fingerprint density at radius 1 is 1.09 bits per heavy atom. The van der Waals surface area contributed by atoms with Gasteiger partial charge in [0.1, 0.15) is 0 Å². The highest BCUT2D eigenvalue weighted by atomic mass is 35.5. The van der Waals surface area contributed by atoms with E-state index in [1.807, 2.05) is 30.3 Å². The molecule has 0 radical (unpaired) electrons. The maximum Gasteiger partial charge on any atom is 0.229 e. The zero-order chi connectivity index (χ0) is 17.0. The fourth-order valence-corrected chi connectivity index (χ4v) is 3.55. The SMILES string of the molecule is CCC(CC)c1ccc(Cl)cc1-c1cccc(NS(C)(=O)=O)c1. The first-order valence-electron chi connectivity index (χ1n) is 7.71. The molecule has 5 heteroatoms. The molecular formula is C18H22ClNO2S. The van der Waals surface area contributed by atoms with Crippen molar-refractivity contribution in [2.45, 2.75) is 32.6 Å². The molecule has 0 saturated carbocycles. The van der Waals surface area contributed by atoms with Crippen molar-refractivity contribution in [2.75, 3.05) is 11.0 Å². The van der Waals surface area contributed by atoms with Crippen LogP contribution in [0.1, 0.15) is 38.2 Å². The molecule has 124 valence electrons. The summed E-state index contributed by atoms with van der Waals surface area (Å²) < 4.78 is 25.4. The smallest absolute Gasteiger partial charge is 0.229 e. The lowest BCUT2D eigenvalue weighted by molar-refractivity contribution is 0.607. The van der Waals surface area contributed by atoms with Crippen LogP contribution in [0.25, 0.3) is 11.1 Å². The van der Waals surface area contributed by atoms with Crippen LogP contribution in [0.15, 0.2) is 42.5 Å². The average molecular weight is 352 g/mol. The van der Waals surface area contributed by atoms with Gasteiger partial charge in [-0.25, -0.2) is 8.42 Å². The van der Waals surface area contributed by atoms with E-state index in [0.29, 0.717) is 16.6 Å². The minimum absolute atomic E-state index is 0.453. The Kier molecular flexibility index (Phi) is 5.71. The summed E-state index contributed by atoms with van der Waals surface area (Å²) in [4.78, 5) is 0. The van der Waals surface area contributed by atoms with Crippen molar-refractivity contribution in [1.82, 2.24) is 0 Å². The molecule has 0 bridgehead atoms. The summed E-state index contributed by atoms with van der Waals surface area (Å²) in [6.45, 7) is 4.35. The van der Waals surface area contributed by atoms with Crippen LogP contribution in [0, 0.1) is 0 Å². The predicted octanol–water partition coefficient (Wildman–Crippen LogP) is 5.28. The Morgan fingerprint density at radius 2 is 1.78 bits per heavy atom. The summed E-state index contributed by atoms with van der Waals surface area (Å²) in [5.41, 5.74) is 3.82. The molecule has 0 aliphatic rings. The Balaban J connectivity index is 2.53. The summed E-state index contributed by atoms with van der Waals surface area (Å²) in [5, 5.41) is 0.677. The van der Waals surface area contributed by atoms with Gasteiger partial charge in [0, 0.05) is 10.7 Å². The molecule has 0 saturated heterocycles. The highest BCUT2D eigenvalue weighted by Crippen LogP contribution is 2.35. The lowest BCUT2D eigenvalue weighted by atomic mass is 9.87.